The number of piperidine rings is 1. The van der Waals surface area contributed by atoms with Gasteiger partial charge in [0.1, 0.15) is 0 Å². The van der Waals surface area contributed by atoms with Gasteiger partial charge in [0, 0.05) is 20.1 Å². The first-order chi connectivity index (χ1) is 14.5. The van der Waals surface area contributed by atoms with Crippen LogP contribution in [0.1, 0.15) is 37.8 Å². The van der Waals surface area contributed by atoms with Gasteiger partial charge < -0.3 is 29.9 Å². The minimum absolute atomic E-state index is 0. The number of hydrogen-bond donors (Lipinski definition) is 2. The molecular formula is C23H42IN5O2. The first kappa shape index (κ1) is 27.8. The monoisotopic (exact) mass is 547 g/mol. The van der Waals surface area contributed by atoms with Crippen molar-refractivity contribution in [1.29, 1.82) is 0 Å². The van der Waals surface area contributed by atoms with Crippen LogP contribution in [-0.4, -0.2) is 83.8 Å². The zero-order chi connectivity index (χ0) is 21.9. The highest BCUT2D eigenvalue weighted by atomic mass is 127. The van der Waals surface area contributed by atoms with Crippen molar-refractivity contribution in [3.63, 3.8) is 0 Å². The quantitative estimate of drug-likeness (QED) is 0.203. The SMILES string of the molecule is CN=C(NCCCN1CCC(C)CC1)NCC(c1ccc(OC)c(OC)c1)N(C)C.I. The van der Waals surface area contributed by atoms with E-state index in [1.807, 2.05) is 19.2 Å². The third-order valence-electron chi connectivity index (χ3n) is 5.92. The minimum atomic E-state index is 0. The second-order valence-corrected chi connectivity index (χ2v) is 8.35. The van der Waals surface area contributed by atoms with Gasteiger partial charge in [-0.15, -0.1) is 24.0 Å². The fourth-order valence-electron chi connectivity index (χ4n) is 3.87. The summed E-state index contributed by atoms with van der Waals surface area (Å²) in [7, 11) is 9.31. The van der Waals surface area contributed by atoms with E-state index in [9.17, 15) is 0 Å². The molecule has 0 aromatic heterocycles. The van der Waals surface area contributed by atoms with Crippen molar-refractivity contribution in [3.8, 4) is 11.5 Å². The Morgan fingerprint density at radius 3 is 2.42 bits per heavy atom. The number of halogens is 1. The van der Waals surface area contributed by atoms with Crippen LogP contribution in [0.2, 0.25) is 0 Å². The number of likely N-dealkylation sites (tertiary alicyclic amines) is 1. The maximum atomic E-state index is 5.47. The average Bonchev–Trinajstić information content (AvgIpc) is 2.76. The minimum Gasteiger partial charge on any atom is -0.493 e. The lowest BCUT2D eigenvalue weighted by Gasteiger charge is -2.30. The molecule has 1 atom stereocenters. The smallest absolute Gasteiger partial charge is 0.191 e. The van der Waals surface area contributed by atoms with Crippen LogP contribution >= 0.6 is 24.0 Å². The number of guanidine groups is 1. The van der Waals surface area contributed by atoms with Gasteiger partial charge in [-0.1, -0.05) is 13.0 Å². The van der Waals surface area contributed by atoms with Gasteiger partial charge in [-0.05, 0) is 76.6 Å². The van der Waals surface area contributed by atoms with E-state index in [4.69, 9.17) is 9.47 Å². The molecular weight excluding hydrogens is 505 g/mol. The van der Waals surface area contributed by atoms with Crippen molar-refractivity contribution in [1.82, 2.24) is 20.4 Å². The fraction of sp³-hybridized carbons (Fsp3) is 0.696. The Morgan fingerprint density at radius 1 is 1.16 bits per heavy atom. The van der Waals surface area contributed by atoms with Crippen LogP contribution < -0.4 is 20.1 Å². The molecule has 1 aliphatic rings. The van der Waals surface area contributed by atoms with E-state index < -0.39 is 0 Å². The maximum absolute atomic E-state index is 5.47. The molecule has 31 heavy (non-hydrogen) atoms. The highest BCUT2D eigenvalue weighted by Gasteiger charge is 2.18. The Balaban J connectivity index is 0.00000480. The van der Waals surface area contributed by atoms with Crippen LogP contribution in [0.25, 0.3) is 0 Å². The molecule has 0 bridgehead atoms. The molecule has 0 aliphatic carbocycles. The molecule has 1 aliphatic heterocycles. The van der Waals surface area contributed by atoms with Crippen LogP contribution in [0, 0.1) is 5.92 Å². The molecule has 1 aromatic carbocycles. The largest absolute Gasteiger partial charge is 0.493 e. The van der Waals surface area contributed by atoms with E-state index >= 15 is 0 Å². The normalized spacial score (nSPS) is 16.5. The second-order valence-electron chi connectivity index (χ2n) is 8.35. The van der Waals surface area contributed by atoms with Crippen molar-refractivity contribution in [2.24, 2.45) is 10.9 Å². The summed E-state index contributed by atoms with van der Waals surface area (Å²) in [6, 6.07) is 6.27. The lowest BCUT2D eigenvalue weighted by Crippen LogP contribution is -2.42. The predicted octanol–water partition coefficient (Wildman–Crippen LogP) is 3.21. The van der Waals surface area contributed by atoms with Crippen molar-refractivity contribution in [2.45, 2.75) is 32.2 Å². The summed E-state index contributed by atoms with van der Waals surface area (Å²) in [5.74, 6) is 3.22. The average molecular weight is 548 g/mol. The van der Waals surface area contributed by atoms with Gasteiger partial charge in [0.15, 0.2) is 17.5 Å². The van der Waals surface area contributed by atoms with E-state index in [1.54, 1.807) is 14.2 Å². The summed E-state index contributed by atoms with van der Waals surface area (Å²) in [4.78, 5) is 9.16. The van der Waals surface area contributed by atoms with E-state index in [0.717, 1.165) is 49.4 Å². The molecule has 1 saturated heterocycles. The predicted molar refractivity (Wildman–Crippen MR) is 140 cm³/mol. The number of methoxy groups -OCH3 is 2. The molecule has 2 rings (SSSR count). The Morgan fingerprint density at radius 2 is 1.84 bits per heavy atom. The van der Waals surface area contributed by atoms with Crippen molar-refractivity contribution < 1.29 is 9.47 Å². The molecule has 0 saturated carbocycles. The molecule has 0 spiro atoms. The highest BCUT2D eigenvalue weighted by molar-refractivity contribution is 14.0. The molecule has 1 aromatic rings. The Kier molecular flexibility index (Phi) is 13.2. The van der Waals surface area contributed by atoms with Gasteiger partial charge in [0.25, 0.3) is 0 Å². The van der Waals surface area contributed by atoms with Crippen LogP contribution in [-0.2, 0) is 0 Å². The summed E-state index contributed by atoms with van der Waals surface area (Å²) in [6.45, 7) is 7.66. The van der Waals surface area contributed by atoms with Gasteiger partial charge in [0.2, 0.25) is 0 Å². The summed E-state index contributed by atoms with van der Waals surface area (Å²) in [5.41, 5.74) is 1.17. The third-order valence-corrected chi connectivity index (χ3v) is 5.92. The number of rotatable bonds is 10. The number of nitrogens with zero attached hydrogens (tertiary/aromatic N) is 3. The van der Waals surface area contributed by atoms with Gasteiger partial charge in [-0.2, -0.15) is 0 Å². The number of aliphatic imine (C=N–C) groups is 1. The van der Waals surface area contributed by atoms with Crippen molar-refractivity contribution in [3.05, 3.63) is 23.8 Å². The van der Waals surface area contributed by atoms with Gasteiger partial charge in [0.05, 0.1) is 20.3 Å². The van der Waals surface area contributed by atoms with E-state index in [0.29, 0.717) is 0 Å². The topological polar surface area (TPSA) is 61.4 Å². The highest BCUT2D eigenvalue weighted by Crippen LogP contribution is 2.31. The first-order valence-electron chi connectivity index (χ1n) is 11.0. The van der Waals surface area contributed by atoms with Crippen molar-refractivity contribution >= 4 is 29.9 Å². The van der Waals surface area contributed by atoms with Crippen LogP contribution in [0.15, 0.2) is 23.2 Å². The van der Waals surface area contributed by atoms with Crippen LogP contribution in [0.5, 0.6) is 11.5 Å². The molecule has 7 nitrogen and oxygen atoms in total. The maximum Gasteiger partial charge on any atom is 0.191 e. The number of ether oxygens (including phenoxy) is 2. The van der Waals surface area contributed by atoms with Gasteiger partial charge in [-0.25, -0.2) is 0 Å². The number of nitrogens with one attached hydrogen (secondary N) is 2. The Bertz CT molecular complexity index is 663. The Hall–Kier alpha value is -1.26. The summed E-state index contributed by atoms with van der Waals surface area (Å²) >= 11 is 0. The molecule has 0 amide bonds. The van der Waals surface area contributed by atoms with E-state index in [1.165, 1.54) is 31.5 Å². The van der Waals surface area contributed by atoms with Crippen LogP contribution in [0.4, 0.5) is 0 Å². The van der Waals surface area contributed by atoms with Gasteiger partial charge in [-0.3, -0.25) is 4.99 Å². The zero-order valence-electron chi connectivity index (χ0n) is 20.1. The van der Waals surface area contributed by atoms with Crippen LogP contribution in [0.3, 0.4) is 0 Å². The van der Waals surface area contributed by atoms with Crippen molar-refractivity contribution in [2.75, 3.05) is 68.1 Å². The number of hydrogen-bond acceptors (Lipinski definition) is 5. The molecule has 1 heterocycles. The fourth-order valence-corrected chi connectivity index (χ4v) is 3.87. The summed E-state index contributed by atoms with van der Waals surface area (Å²) in [5, 5.41) is 6.92. The molecule has 1 fully saturated rings. The zero-order valence-corrected chi connectivity index (χ0v) is 22.4. The third kappa shape index (κ3) is 9.02. The van der Waals surface area contributed by atoms with E-state index in [-0.39, 0.29) is 30.0 Å². The van der Waals surface area contributed by atoms with Gasteiger partial charge >= 0.3 is 0 Å². The molecule has 1 unspecified atom stereocenters. The standard InChI is InChI=1S/C23H41N5O2.HI/c1-18-10-14-28(15-11-18)13-7-12-25-23(24-2)26-17-20(27(3)4)19-8-9-21(29-5)22(16-19)30-6;/h8-9,16,18,20H,7,10-15,17H2,1-6H3,(H2,24,25,26);1H. The molecule has 0 radical (unpaired) electrons. The summed E-state index contributed by atoms with van der Waals surface area (Å²) < 4.78 is 10.8. The molecule has 8 heteroatoms. The van der Waals surface area contributed by atoms with E-state index in [2.05, 4.69) is 52.5 Å². The number of likely N-dealkylation sites (N-methyl/N-ethyl adjacent to an activating group) is 1. The number of benzene rings is 1. The molecule has 178 valence electrons. The Labute approximate surface area is 206 Å². The summed E-state index contributed by atoms with van der Waals surface area (Å²) in [6.07, 6.45) is 3.79. The lowest BCUT2D eigenvalue weighted by atomic mass is 9.99. The second kappa shape index (κ2) is 14.7. The molecule has 2 N–H and O–H groups in total. The first-order valence-corrected chi connectivity index (χ1v) is 11.0. The lowest BCUT2D eigenvalue weighted by molar-refractivity contribution is 0.191.